The lowest BCUT2D eigenvalue weighted by Gasteiger charge is -2.26. The summed E-state index contributed by atoms with van der Waals surface area (Å²) in [6.45, 7) is 11.7. The monoisotopic (exact) mass is 632 g/mol. The smallest absolute Gasteiger partial charge is 0.323 e. The maximum atomic E-state index is 13.5. The van der Waals surface area contributed by atoms with Crippen LogP contribution in [0.1, 0.15) is 56.9 Å². The maximum Gasteiger partial charge on any atom is 0.323 e. The number of rotatable bonds is 7. The first-order valence-electron chi connectivity index (χ1n) is 16.6. The van der Waals surface area contributed by atoms with E-state index in [0.29, 0.717) is 5.69 Å². The molecular formula is C39H44N4O4. The van der Waals surface area contributed by atoms with Gasteiger partial charge in [-0.2, -0.15) is 0 Å². The number of carbonyl (C=O) groups excluding carboxylic acids is 1. The molecule has 1 unspecified atom stereocenters. The Bertz CT molecular complexity index is 1740. The van der Waals surface area contributed by atoms with E-state index in [0.717, 1.165) is 103 Å². The second-order valence-electron chi connectivity index (χ2n) is 13.1. The van der Waals surface area contributed by atoms with Gasteiger partial charge in [0.05, 0.1) is 30.3 Å². The van der Waals surface area contributed by atoms with Gasteiger partial charge in [-0.1, -0.05) is 75.1 Å². The number of carbonyl (C=O) groups is 1. The van der Waals surface area contributed by atoms with Crippen LogP contribution in [-0.4, -0.2) is 61.7 Å². The van der Waals surface area contributed by atoms with E-state index in [4.69, 9.17) is 19.2 Å². The third-order valence-corrected chi connectivity index (χ3v) is 8.63. The molecule has 1 atom stereocenters. The molecule has 244 valence electrons. The summed E-state index contributed by atoms with van der Waals surface area (Å²) in [5.41, 5.74) is 6.25. The van der Waals surface area contributed by atoms with Gasteiger partial charge in [-0.15, -0.1) is 0 Å². The summed E-state index contributed by atoms with van der Waals surface area (Å²) in [6.07, 6.45) is 4.82. The lowest BCUT2D eigenvalue weighted by atomic mass is 9.86. The van der Waals surface area contributed by atoms with Crippen molar-refractivity contribution in [3.05, 3.63) is 89.7 Å². The first kappa shape index (κ1) is 32.7. The Morgan fingerprint density at radius 1 is 0.957 bits per heavy atom. The Hall–Kier alpha value is -4.26. The predicted octanol–water partition coefficient (Wildman–Crippen LogP) is 7.57. The number of nitrogens with zero attached hydrogens (tertiary/aromatic N) is 2. The third kappa shape index (κ3) is 8.56. The van der Waals surface area contributed by atoms with Gasteiger partial charge in [0.25, 0.3) is 0 Å². The fourth-order valence-corrected chi connectivity index (χ4v) is 5.93. The van der Waals surface area contributed by atoms with E-state index in [1.165, 1.54) is 0 Å². The summed E-state index contributed by atoms with van der Waals surface area (Å²) in [5.74, 6) is 6.30. The van der Waals surface area contributed by atoms with Crippen molar-refractivity contribution in [1.82, 2.24) is 9.88 Å². The normalized spacial score (nSPS) is 17.1. The van der Waals surface area contributed by atoms with E-state index in [-0.39, 0.29) is 24.3 Å². The third-order valence-electron chi connectivity index (χ3n) is 8.63. The zero-order valence-electron chi connectivity index (χ0n) is 27.6. The minimum absolute atomic E-state index is 0.0953. The molecule has 2 aliphatic heterocycles. The van der Waals surface area contributed by atoms with Gasteiger partial charge in [-0.3, -0.25) is 9.88 Å². The number of pyridine rings is 1. The summed E-state index contributed by atoms with van der Waals surface area (Å²) >= 11 is 0. The highest BCUT2D eigenvalue weighted by molar-refractivity contribution is 6.10. The van der Waals surface area contributed by atoms with Gasteiger partial charge >= 0.3 is 6.03 Å². The second kappa shape index (κ2) is 15.1. The highest BCUT2D eigenvalue weighted by atomic mass is 16.7. The van der Waals surface area contributed by atoms with E-state index in [1.807, 2.05) is 48.7 Å². The molecule has 4 aromatic rings. The van der Waals surface area contributed by atoms with E-state index in [2.05, 4.69) is 72.4 Å². The fourth-order valence-electron chi connectivity index (χ4n) is 5.93. The molecule has 0 bridgehead atoms. The Labute approximate surface area is 277 Å². The molecule has 3 aromatic carbocycles. The zero-order chi connectivity index (χ0) is 32.6. The van der Waals surface area contributed by atoms with Crippen molar-refractivity contribution in [1.29, 1.82) is 0 Å². The van der Waals surface area contributed by atoms with Crippen LogP contribution in [0.2, 0.25) is 0 Å². The number of anilines is 2. The first-order chi connectivity index (χ1) is 22.8. The van der Waals surface area contributed by atoms with Crippen LogP contribution in [0.5, 0.6) is 0 Å². The quantitative estimate of drug-likeness (QED) is 0.205. The maximum absolute atomic E-state index is 13.5. The van der Waals surface area contributed by atoms with Crippen molar-refractivity contribution < 1.29 is 19.0 Å². The van der Waals surface area contributed by atoms with Crippen molar-refractivity contribution in [2.24, 2.45) is 0 Å². The standard InChI is InChI=1S/C39H44N4O4/c1-39(2,3)30-15-13-28(9-8-22-47-37-12-6-7-21-46-37)36(25-30)42-38(44)41-35-18-17-32(33-10-4-5-11-34(33)35)29-14-16-31(40-26-29)27-43-19-23-45-24-20-43/h4-5,10-11,13-18,25-26,37H,6-7,12,19-24,27H2,1-3H3,(H2,41,42,44). The summed E-state index contributed by atoms with van der Waals surface area (Å²) < 4.78 is 16.9. The molecular weight excluding hydrogens is 588 g/mol. The molecule has 47 heavy (non-hydrogen) atoms. The van der Waals surface area contributed by atoms with Crippen molar-refractivity contribution in [3.63, 3.8) is 0 Å². The van der Waals surface area contributed by atoms with Crippen LogP contribution in [0.15, 0.2) is 72.9 Å². The molecule has 2 saturated heterocycles. The van der Waals surface area contributed by atoms with Gasteiger partial charge in [0, 0.05) is 49.0 Å². The van der Waals surface area contributed by atoms with E-state index >= 15 is 0 Å². The predicted molar refractivity (Wildman–Crippen MR) is 187 cm³/mol. The van der Waals surface area contributed by atoms with Gasteiger partial charge < -0.3 is 24.8 Å². The van der Waals surface area contributed by atoms with Crippen LogP contribution in [-0.2, 0) is 26.2 Å². The number of hydrogen-bond donors (Lipinski definition) is 2. The Balaban J connectivity index is 1.18. The highest BCUT2D eigenvalue weighted by Gasteiger charge is 2.18. The minimum Gasteiger partial charge on any atom is -0.379 e. The van der Waals surface area contributed by atoms with E-state index in [9.17, 15) is 4.79 Å². The largest absolute Gasteiger partial charge is 0.379 e. The van der Waals surface area contributed by atoms with Gasteiger partial charge in [-0.25, -0.2) is 4.79 Å². The number of benzene rings is 3. The van der Waals surface area contributed by atoms with Crippen molar-refractivity contribution >= 4 is 28.2 Å². The first-order valence-corrected chi connectivity index (χ1v) is 16.6. The number of morpholine rings is 1. The molecule has 0 radical (unpaired) electrons. The molecule has 2 amide bonds. The van der Waals surface area contributed by atoms with Crippen LogP contribution < -0.4 is 10.6 Å². The summed E-state index contributed by atoms with van der Waals surface area (Å²) in [5, 5.41) is 8.15. The lowest BCUT2D eigenvalue weighted by Crippen LogP contribution is -2.35. The van der Waals surface area contributed by atoms with Crippen LogP contribution in [0.3, 0.4) is 0 Å². The number of aromatic nitrogens is 1. The molecule has 2 aliphatic rings. The summed E-state index contributed by atoms with van der Waals surface area (Å²) in [6, 6.07) is 22.0. The number of nitrogens with one attached hydrogen (secondary N) is 2. The molecule has 8 heteroatoms. The highest BCUT2D eigenvalue weighted by Crippen LogP contribution is 2.34. The van der Waals surface area contributed by atoms with E-state index in [1.54, 1.807) is 0 Å². The Morgan fingerprint density at radius 3 is 2.51 bits per heavy atom. The summed E-state index contributed by atoms with van der Waals surface area (Å²) in [4.78, 5) is 20.6. The SMILES string of the molecule is CC(C)(C)c1ccc(C#CCOC2CCCCO2)c(NC(=O)Nc2ccc(-c3ccc(CN4CCOCC4)nc3)c3ccccc23)c1. The zero-order valence-corrected chi connectivity index (χ0v) is 27.6. The number of urea groups is 1. The molecule has 0 aliphatic carbocycles. The number of ether oxygens (including phenoxy) is 3. The van der Waals surface area contributed by atoms with Crippen LogP contribution in [0.25, 0.3) is 21.9 Å². The van der Waals surface area contributed by atoms with Crippen molar-refractivity contribution in [2.45, 2.75) is 58.3 Å². The van der Waals surface area contributed by atoms with Gasteiger partial charge in [0.1, 0.15) is 6.61 Å². The number of hydrogen-bond acceptors (Lipinski definition) is 6. The van der Waals surface area contributed by atoms with Gasteiger partial charge in [0.15, 0.2) is 6.29 Å². The average Bonchev–Trinajstić information content (AvgIpc) is 3.08. The second-order valence-corrected chi connectivity index (χ2v) is 13.1. The lowest BCUT2D eigenvalue weighted by molar-refractivity contribution is -0.154. The van der Waals surface area contributed by atoms with Gasteiger partial charge in [-0.05, 0) is 65.5 Å². The number of amides is 2. The van der Waals surface area contributed by atoms with Crippen LogP contribution in [0, 0.1) is 11.8 Å². The molecule has 6 rings (SSSR count). The average molecular weight is 633 g/mol. The molecule has 0 saturated carbocycles. The number of fused-ring (bicyclic) bond motifs is 1. The molecule has 3 heterocycles. The van der Waals surface area contributed by atoms with Crippen molar-refractivity contribution in [3.8, 4) is 23.0 Å². The molecule has 0 spiro atoms. The topological polar surface area (TPSA) is 85.0 Å². The Kier molecular flexibility index (Phi) is 10.5. The molecule has 8 nitrogen and oxygen atoms in total. The minimum atomic E-state index is -0.335. The molecule has 2 N–H and O–H groups in total. The fraction of sp³-hybridized carbons (Fsp3) is 0.385. The van der Waals surface area contributed by atoms with E-state index < -0.39 is 0 Å². The Morgan fingerprint density at radius 2 is 1.77 bits per heavy atom. The van der Waals surface area contributed by atoms with Crippen molar-refractivity contribution in [2.75, 3.05) is 50.2 Å². The van der Waals surface area contributed by atoms with Gasteiger partial charge in [0.2, 0.25) is 0 Å². The summed E-state index contributed by atoms with van der Waals surface area (Å²) in [7, 11) is 0. The van der Waals surface area contributed by atoms with Crippen LogP contribution in [0.4, 0.5) is 16.2 Å². The van der Waals surface area contributed by atoms with Crippen LogP contribution >= 0.6 is 0 Å². The molecule has 1 aromatic heterocycles. The molecule has 2 fully saturated rings.